The zero-order valence-electron chi connectivity index (χ0n) is 17.7. The number of carbonyl (C=O) groups is 1. The Morgan fingerprint density at radius 1 is 1.30 bits per heavy atom. The van der Waals surface area contributed by atoms with E-state index >= 15 is 0 Å². The summed E-state index contributed by atoms with van der Waals surface area (Å²) in [5.41, 5.74) is 3.06. The molecule has 0 saturated carbocycles. The van der Waals surface area contributed by atoms with Crippen molar-refractivity contribution in [1.82, 2.24) is 25.0 Å². The number of hydrogen-bond acceptors (Lipinski definition) is 7. The molecule has 0 aliphatic carbocycles. The summed E-state index contributed by atoms with van der Waals surface area (Å²) in [5, 5.41) is 7.33. The number of amides is 1. The van der Waals surface area contributed by atoms with Gasteiger partial charge in [0, 0.05) is 12.7 Å². The van der Waals surface area contributed by atoms with E-state index in [0.717, 1.165) is 29.9 Å². The number of hydrogen-bond donors (Lipinski definition) is 1. The molecule has 1 saturated heterocycles. The van der Waals surface area contributed by atoms with E-state index in [-0.39, 0.29) is 17.9 Å². The van der Waals surface area contributed by atoms with E-state index < -0.39 is 0 Å². The van der Waals surface area contributed by atoms with Gasteiger partial charge in [-0.2, -0.15) is 0 Å². The van der Waals surface area contributed by atoms with Gasteiger partial charge in [0.1, 0.15) is 23.0 Å². The summed E-state index contributed by atoms with van der Waals surface area (Å²) in [6.45, 7) is 8.46. The predicted molar refractivity (Wildman–Crippen MR) is 113 cm³/mol. The standard InChI is InChI=1S/C22H26N6O2/c1-13(2)20-19(15(4)30-27-20)22(29)28-10-6-8-17(28)16-11-23-12-18(25-16)26-21-14(3)7-5-9-24-21/h5,7,9,11-13,17H,6,8,10H2,1-4H3,(H,24,25,26)/t17-/m1/s1. The number of aryl methyl sites for hydroxylation is 2. The van der Waals surface area contributed by atoms with Gasteiger partial charge < -0.3 is 14.7 Å². The molecule has 0 aromatic carbocycles. The van der Waals surface area contributed by atoms with Crippen LogP contribution in [0.1, 0.15) is 71.7 Å². The molecule has 3 aromatic rings. The van der Waals surface area contributed by atoms with Crippen molar-refractivity contribution in [1.29, 1.82) is 0 Å². The summed E-state index contributed by atoms with van der Waals surface area (Å²) in [7, 11) is 0. The highest BCUT2D eigenvalue weighted by molar-refractivity contribution is 5.96. The Labute approximate surface area is 175 Å². The van der Waals surface area contributed by atoms with Crippen LogP contribution in [0.3, 0.4) is 0 Å². The number of anilines is 2. The maximum absolute atomic E-state index is 13.4. The molecule has 1 N–H and O–H groups in total. The Morgan fingerprint density at radius 2 is 2.13 bits per heavy atom. The molecule has 30 heavy (non-hydrogen) atoms. The molecule has 4 rings (SSSR count). The maximum Gasteiger partial charge on any atom is 0.259 e. The molecule has 4 heterocycles. The van der Waals surface area contributed by atoms with Crippen molar-refractivity contribution in [2.24, 2.45) is 0 Å². The first-order valence-corrected chi connectivity index (χ1v) is 10.2. The minimum Gasteiger partial charge on any atom is -0.361 e. The number of rotatable bonds is 5. The Morgan fingerprint density at radius 3 is 2.90 bits per heavy atom. The molecule has 3 aromatic heterocycles. The minimum atomic E-state index is -0.133. The van der Waals surface area contributed by atoms with Gasteiger partial charge in [-0.1, -0.05) is 25.1 Å². The topological polar surface area (TPSA) is 97.0 Å². The molecule has 8 heteroatoms. The highest BCUT2D eigenvalue weighted by Crippen LogP contribution is 2.34. The lowest BCUT2D eigenvalue weighted by Gasteiger charge is -2.24. The first-order valence-electron chi connectivity index (χ1n) is 10.2. The minimum absolute atomic E-state index is 0.0549. The lowest BCUT2D eigenvalue weighted by Crippen LogP contribution is -2.32. The zero-order valence-corrected chi connectivity index (χ0v) is 17.7. The van der Waals surface area contributed by atoms with Crippen molar-refractivity contribution < 1.29 is 9.32 Å². The SMILES string of the molecule is Cc1cccnc1Nc1cncc([C@H]2CCCN2C(=O)c2c(C(C)C)noc2C)n1. The number of pyridine rings is 1. The Hall–Kier alpha value is -3.29. The first-order chi connectivity index (χ1) is 14.5. The molecule has 0 radical (unpaired) electrons. The fourth-order valence-electron chi connectivity index (χ4n) is 3.84. The quantitative estimate of drug-likeness (QED) is 0.674. The molecule has 8 nitrogen and oxygen atoms in total. The lowest BCUT2D eigenvalue weighted by atomic mass is 10.0. The van der Waals surface area contributed by atoms with Crippen LogP contribution in [0.5, 0.6) is 0 Å². The van der Waals surface area contributed by atoms with Crippen molar-refractivity contribution in [3.8, 4) is 0 Å². The number of nitrogens with one attached hydrogen (secondary N) is 1. The van der Waals surface area contributed by atoms with Gasteiger partial charge in [-0.15, -0.1) is 0 Å². The van der Waals surface area contributed by atoms with Crippen LogP contribution < -0.4 is 5.32 Å². The summed E-state index contributed by atoms with van der Waals surface area (Å²) in [6, 6.07) is 3.74. The fraction of sp³-hybridized carbons (Fsp3) is 0.409. The van der Waals surface area contributed by atoms with E-state index in [0.29, 0.717) is 29.4 Å². The zero-order chi connectivity index (χ0) is 21.3. The monoisotopic (exact) mass is 406 g/mol. The van der Waals surface area contributed by atoms with Crippen molar-refractivity contribution in [3.05, 3.63) is 59.0 Å². The molecule has 1 atom stereocenters. The van der Waals surface area contributed by atoms with Crippen molar-refractivity contribution in [2.45, 2.75) is 52.5 Å². The summed E-state index contributed by atoms with van der Waals surface area (Å²) >= 11 is 0. The highest BCUT2D eigenvalue weighted by Gasteiger charge is 2.35. The third-order valence-electron chi connectivity index (χ3n) is 5.41. The van der Waals surface area contributed by atoms with Crippen LogP contribution in [0.15, 0.2) is 35.2 Å². The molecule has 1 aliphatic heterocycles. The Balaban J connectivity index is 1.61. The molecule has 156 valence electrons. The van der Waals surface area contributed by atoms with Crippen LogP contribution in [0.2, 0.25) is 0 Å². The maximum atomic E-state index is 13.4. The summed E-state index contributed by atoms with van der Waals surface area (Å²) in [5.74, 6) is 1.96. The second-order valence-corrected chi connectivity index (χ2v) is 7.93. The Kier molecular flexibility index (Phi) is 5.48. The lowest BCUT2D eigenvalue weighted by molar-refractivity contribution is 0.0729. The molecule has 0 unspecified atom stereocenters. The van der Waals surface area contributed by atoms with E-state index in [1.165, 1.54) is 0 Å². The summed E-state index contributed by atoms with van der Waals surface area (Å²) < 4.78 is 5.33. The number of aromatic nitrogens is 4. The fourth-order valence-corrected chi connectivity index (χ4v) is 3.84. The molecular formula is C22H26N6O2. The van der Waals surface area contributed by atoms with Crippen molar-refractivity contribution >= 4 is 17.5 Å². The van der Waals surface area contributed by atoms with E-state index in [4.69, 9.17) is 9.51 Å². The van der Waals surface area contributed by atoms with E-state index in [1.54, 1.807) is 25.5 Å². The molecule has 1 fully saturated rings. The van der Waals surface area contributed by atoms with Crippen LogP contribution >= 0.6 is 0 Å². The largest absolute Gasteiger partial charge is 0.361 e. The van der Waals surface area contributed by atoms with Gasteiger partial charge >= 0.3 is 0 Å². The highest BCUT2D eigenvalue weighted by atomic mass is 16.5. The Bertz CT molecular complexity index is 1060. The predicted octanol–water partition coefficient (Wildman–Crippen LogP) is 4.32. The van der Waals surface area contributed by atoms with Crippen molar-refractivity contribution in [3.63, 3.8) is 0 Å². The molecule has 0 spiro atoms. The van der Waals surface area contributed by atoms with Gasteiger partial charge in [0.15, 0.2) is 0 Å². The molecular weight excluding hydrogens is 380 g/mol. The van der Waals surface area contributed by atoms with Crippen LogP contribution in [-0.4, -0.2) is 37.5 Å². The number of likely N-dealkylation sites (tertiary alicyclic amines) is 1. The first kappa shape index (κ1) is 20.0. The van der Waals surface area contributed by atoms with Gasteiger partial charge in [-0.25, -0.2) is 9.97 Å². The molecule has 0 bridgehead atoms. The molecule has 1 aliphatic rings. The van der Waals surface area contributed by atoms with Crippen LogP contribution in [-0.2, 0) is 0 Å². The van der Waals surface area contributed by atoms with Gasteiger partial charge in [0.2, 0.25) is 0 Å². The van der Waals surface area contributed by atoms with Gasteiger partial charge in [-0.3, -0.25) is 9.78 Å². The average molecular weight is 406 g/mol. The average Bonchev–Trinajstić information content (AvgIpc) is 3.36. The van der Waals surface area contributed by atoms with E-state index in [9.17, 15) is 4.79 Å². The summed E-state index contributed by atoms with van der Waals surface area (Å²) in [4.78, 5) is 28.7. The van der Waals surface area contributed by atoms with Gasteiger partial charge in [0.25, 0.3) is 5.91 Å². The van der Waals surface area contributed by atoms with Gasteiger partial charge in [0.05, 0.1) is 29.8 Å². The van der Waals surface area contributed by atoms with Crippen LogP contribution in [0, 0.1) is 13.8 Å². The second-order valence-electron chi connectivity index (χ2n) is 7.93. The second kappa shape index (κ2) is 8.22. The third-order valence-corrected chi connectivity index (χ3v) is 5.41. The van der Waals surface area contributed by atoms with Crippen LogP contribution in [0.4, 0.5) is 11.6 Å². The summed E-state index contributed by atoms with van der Waals surface area (Å²) in [6.07, 6.45) is 6.89. The van der Waals surface area contributed by atoms with Crippen LogP contribution in [0.25, 0.3) is 0 Å². The third kappa shape index (κ3) is 3.77. The molecule has 1 amide bonds. The number of nitrogens with zero attached hydrogens (tertiary/aromatic N) is 5. The van der Waals surface area contributed by atoms with E-state index in [2.05, 4.69) is 20.4 Å². The van der Waals surface area contributed by atoms with Crippen molar-refractivity contribution in [2.75, 3.05) is 11.9 Å². The number of carbonyl (C=O) groups excluding carboxylic acids is 1. The van der Waals surface area contributed by atoms with Gasteiger partial charge in [-0.05, 0) is 44.2 Å². The van der Waals surface area contributed by atoms with E-state index in [1.807, 2.05) is 37.8 Å². The normalized spacial score (nSPS) is 16.3. The smallest absolute Gasteiger partial charge is 0.259 e.